The van der Waals surface area contributed by atoms with E-state index in [1.54, 1.807) is 0 Å². The fourth-order valence-corrected chi connectivity index (χ4v) is 1.42. The van der Waals surface area contributed by atoms with Crippen LogP contribution in [-0.2, 0) is 4.79 Å². The van der Waals surface area contributed by atoms with Gasteiger partial charge in [0.1, 0.15) is 11.9 Å². The van der Waals surface area contributed by atoms with E-state index in [9.17, 15) is 14.0 Å². The molecular weight excluding hydrogens is 261 g/mol. The van der Waals surface area contributed by atoms with Crippen LogP contribution < -0.4 is 16.0 Å². The van der Waals surface area contributed by atoms with Crippen molar-refractivity contribution in [3.63, 3.8) is 0 Å². The SMILES string of the molecule is CNC(=O)NC(=O)C(C)Nc1c(F)cccc1Cl. The van der Waals surface area contributed by atoms with Gasteiger partial charge in [0.2, 0.25) is 5.91 Å². The highest BCUT2D eigenvalue weighted by Crippen LogP contribution is 2.25. The molecule has 5 nitrogen and oxygen atoms in total. The molecule has 1 aromatic rings. The molecule has 0 aliphatic rings. The van der Waals surface area contributed by atoms with Gasteiger partial charge in [0.05, 0.1) is 10.7 Å². The quantitative estimate of drug-likeness (QED) is 0.786. The van der Waals surface area contributed by atoms with E-state index in [0.29, 0.717) is 0 Å². The van der Waals surface area contributed by atoms with Crippen LogP contribution >= 0.6 is 11.6 Å². The van der Waals surface area contributed by atoms with E-state index < -0.39 is 23.8 Å². The van der Waals surface area contributed by atoms with Crippen molar-refractivity contribution in [2.24, 2.45) is 0 Å². The Bertz CT molecular complexity index is 447. The predicted molar refractivity (Wildman–Crippen MR) is 67.1 cm³/mol. The third kappa shape index (κ3) is 3.59. The number of anilines is 1. The molecule has 0 spiro atoms. The Labute approximate surface area is 109 Å². The lowest BCUT2D eigenvalue weighted by atomic mass is 10.2. The Morgan fingerprint density at radius 1 is 1.39 bits per heavy atom. The topological polar surface area (TPSA) is 70.2 Å². The maximum Gasteiger partial charge on any atom is 0.321 e. The summed E-state index contributed by atoms with van der Waals surface area (Å²) < 4.78 is 13.4. The van der Waals surface area contributed by atoms with E-state index in [2.05, 4.69) is 16.0 Å². The molecule has 1 aromatic carbocycles. The maximum atomic E-state index is 13.4. The summed E-state index contributed by atoms with van der Waals surface area (Å²) in [6.07, 6.45) is 0. The zero-order valence-electron chi connectivity index (χ0n) is 9.88. The van der Waals surface area contributed by atoms with Gasteiger partial charge >= 0.3 is 6.03 Å². The first-order chi connectivity index (χ1) is 8.45. The van der Waals surface area contributed by atoms with Gasteiger partial charge in [0, 0.05) is 7.05 Å². The number of carbonyl (C=O) groups is 2. The Balaban J connectivity index is 2.72. The molecule has 0 bridgehead atoms. The molecule has 18 heavy (non-hydrogen) atoms. The third-order valence-electron chi connectivity index (χ3n) is 2.18. The van der Waals surface area contributed by atoms with Crippen molar-refractivity contribution in [1.82, 2.24) is 10.6 Å². The van der Waals surface area contributed by atoms with Crippen LogP contribution in [0.1, 0.15) is 6.92 Å². The van der Waals surface area contributed by atoms with E-state index in [0.717, 1.165) is 0 Å². The molecule has 0 heterocycles. The molecule has 1 atom stereocenters. The molecule has 0 saturated heterocycles. The molecule has 3 N–H and O–H groups in total. The van der Waals surface area contributed by atoms with Crippen LogP contribution in [0.4, 0.5) is 14.9 Å². The summed E-state index contributed by atoms with van der Waals surface area (Å²) in [6.45, 7) is 1.49. The van der Waals surface area contributed by atoms with E-state index in [1.807, 2.05) is 0 Å². The van der Waals surface area contributed by atoms with Gasteiger partial charge in [-0.3, -0.25) is 10.1 Å². The molecule has 3 amide bonds. The Hall–Kier alpha value is -1.82. The number of nitrogens with one attached hydrogen (secondary N) is 3. The minimum absolute atomic E-state index is 0.0266. The van der Waals surface area contributed by atoms with Crippen LogP contribution in [0.2, 0.25) is 5.02 Å². The normalized spacial score (nSPS) is 11.6. The number of hydrogen-bond donors (Lipinski definition) is 3. The second kappa shape index (κ2) is 6.20. The molecule has 7 heteroatoms. The first-order valence-electron chi connectivity index (χ1n) is 5.18. The van der Waals surface area contributed by atoms with Crippen LogP contribution in [-0.4, -0.2) is 25.0 Å². The summed E-state index contributed by atoms with van der Waals surface area (Å²) in [6, 6.07) is 2.73. The van der Waals surface area contributed by atoms with Gasteiger partial charge < -0.3 is 10.6 Å². The van der Waals surface area contributed by atoms with Crippen molar-refractivity contribution in [2.75, 3.05) is 12.4 Å². The summed E-state index contributed by atoms with van der Waals surface area (Å²) in [5.74, 6) is -1.16. The average Bonchev–Trinajstić information content (AvgIpc) is 2.33. The summed E-state index contributed by atoms with van der Waals surface area (Å²) >= 11 is 5.80. The molecule has 0 aliphatic heterocycles. The van der Waals surface area contributed by atoms with E-state index >= 15 is 0 Å². The second-order valence-corrected chi connectivity index (χ2v) is 3.94. The Morgan fingerprint density at radius 2 is 2.06 bits per heavy atom. The second-order valence-electron chi connectivity index (χ2n) is 3.53. The molecule has 0 aliphatic carbocycles. The number of amides is 3. The molecule has 0 radical (unpaired) electrons. The van der Waals surface area contributed by atoms with Crippen LogP contribution in [0.15, 0.2) is 18.2 Å². The Morgan fingerprint density at radius 3 is 2.61 bits per heavy atom. The summed E-state index contributed by atoms with van der Waals surface area (Å²) in [4.78, 5) is 22.5. The van der Waals surface area contributed by atoms with Crippen molar-refractivity contribution >= 4 is 29.2 Å². The van der Waals surface area contributed by atoms with Crippen LogP contribution in [0.25, 0.3) is 0 Å². The lowest BCUT2D eigenvalue weighted by Gasteiger charge is -2.16. The molecule has 0 fully saturated rings. The van der Waals surface area contributed by atoms with Gasteiger partial charge in [0.15, 0.2) is 0 Å². The first-order valence-corrected chi connectivity index (χ1v) is 5.56. The van der Waals surface area contributed by atoms with Crippen molar-refractivity contribution in [3.05, 3.63) is 29.0 Å². The van der Waals surface area contributed by atoms with Gasteiger partial charge in [-0.25, -0.2) is 9.18 Å². The fraction of sp³-hybridized carbons (Fsp3) is 0.273. The van der Waals surface area contributed by atoms with E-state index in [1.165, 1.54) is 32.2 Å². The zero-order chi connectivity index (χ0) is 13.7. The number of carbonyl (C=O) groups excluding carboxylic acids is 2. The first kappa shape index (κ1) is 14.2. The Kier molecular flexibility index (Phi) is 4.91. The van der Waals surface area contributed by atoms with Crippen LogP contribution in [0.5, 0.6) is 0 Å². The lowest BCUT2D eigenvalue weighted by molar-refractivity contribution is -0.120. The smallest absolute Gasteiger partial charge is 0.321 e. The number of hydrogen-bond acceptors (Lipinski definition) is 3. The lowest BCUT2D eigenvalue weighted by Crippen LogP contribution is -2.44. The van der Waals surface area contributed by atoms with E-state index in [-0.39, 0.29) is 10.7 Å². The summed E-state index contributed by atoms with van der Waals surface area (Å²) in [5.41, 5.74) is 0.0266. The molecular formula is C11H13ClFN3O2. The van der Waals surface area contributed by atoms with Crippen LogP contribution in [0.3, 0.4) is 0 Å². The van der Waals surface area contributed by atoms with Crippen molar-refractivity contribution < 1.29 is 14.0 Å². The number of halogens is 2. The molecule has 1 unspecified atom stereocenters. The minimum Gasteiger partial charge on any atom is -0.370 e. The number of rotatable bonds is 3. The standard InChI is InChI=1S/C11H13ClFN3O2/c1-6(10(17)16-11(18)14-2)15-9-7(12)4-3-5-8(9)13/h3-6,15H,1-2H3,(H2,14,16,17,18). The van der Waals surface area contributed by atoms with Gasteiger partial charge in [-0.1, -0.05) is 17.7 Å². The monoisotopic (exact) mass is 273 g/mol. The van der Waals surface area contributed by atoms with Gasteiger partial charge in [-0.15, -0.1) is 0 Å². The van der Waals surface area contributed by atoms with Gasteiger partial charge in [-0.05, 0) is 19.1 Å². The highest BCUT2D eigenvalue weighted by atomic mass is 35.5. The third-order valence-corrected chi connectivity index (χ3v) is 2.50. The highest BCUT2D eigenvalue weighted by molar-refractivity contribution is 6.33. The number of benzene rings is 1. The number of para-hydroxylation sites is 1. The van der Waals surface area contributed by atoms with Crippen molar-refractivity contribution in [2.45, 2.75) is 13.0 Å². The molecule has 98 valence electrons. The van der Waals surface area contributed by atoms with Gasteiger partial charge in [-0.2, -0.15) is 0 Å². The molecule has 0 saturated carbocycles. The number of urea groups is 1. The van der Waals surface area contributed by atoms with E-state index in [4.69, 9.17) is 11.6 Å². The minimum atomic E-state index is -0.809. The summed E-state index contributed by atoms with van der Waals surface area (Å²) in [7, 11) is 1.38. The predicted octanol–water partition coefficient (Wildman–Crippen LogP) is 1.74. The largest absolute Gasteiger partial charge is 0.370 e. The van der Waals surface area contributed by atoms with Crippen molar-refractivity contribution in [1.29, 1.82) is 0 Å². The van der Waals surface area contributed by atoms with Crippen LogP contribution in [0, 0.1) is 5.82 Å². The summed E-state index contributed by atoms with van der Waals surface area (Å²) in [5, 5.41) is 7.08. The average molecular weight is 274 g/mol. The van der Waals surface area contributed by atoms with Gasteiger partial charge in [0.25, 0.3) is 0 Å². The fourth-order valence-electron chi connectivity index (χ4n) is 1.20. The van der Waals surface area contributed by atoms with Crippen molar-refractivity contribution in [3.8, 4) is 0 Å². The maximum absolute atomic E-state index is 13.4. The molecule has 0 aromatic heterocycles. The molecule has 1 rings (SSSR count). The highest BCUT2D eigenvalue weighted by Gasteiger charge is 2.17. The number of imide groups is 1. The zero-order valence-corrected chi connectivity index (χ0v) is 10.6.